The van der Waals surface area contributed by atoms with Gasteiger partial charge in [0.2, 0.25) is 5.78 Å². The van der Waals surface area contributed by atoms with Crippen LogP contribution in [0.3, 0.4) is 0 Å². The lowest BCUT2D eigenvalue weighted by Gasteiger charge is -2.11. The molecule has 0 aromatic heterocycles. The van der Waals surface area contributed by atoms with Gasteiger partial charge in [-0.2, -0.15) is 0 Å². The van der Waals surface area contributed by atoms with Crippen molar-refractivity contribution < 1.29 is 28.5 Å². The standard InChI is InChI=1S/C20H22O6/c1-13-5-7-18(14(2)9-13)25-12-20(22)26-11-17(21)16-10-15(23-3)6-8-19(16)24-4/h5-10H,11-12H2,1-4H3. The summed E-state index contributed by atoms with van der Waals surface area (Å²) in [6.07, 6.45) is 0. The number of carbonyl (C=O) groups is 2. The van der Waals surface area contributed by atoms with Crippen molar-refractivity contribution in [2.75, 3.05) is 27.4 Å². The zero-order chi connectivity index (χ0) is 19.1. The van der Waals surface area contributed by atoms with E-state index >= 15 is 0 Å². The number of carbonyl (C=O) groups excluding carboxylic acids is 2. The van der Waals surface area contributed by atoms with Crippen LogP contribution in [0.5, 0.6) is 17.2 Å². The van der Waals surface area contributed by atoms with Crippen molar-refractivity contribution in [3.8, 4) is 17.2 Å². The lowest BCUT2D eigenvalue weighted by molar-refractivity contribution is -0.144. The van der Waals surface area contributed by atoms with E-state index in [-0.39, 0.29) is 18.0 Å². The second kappa shape index (κ2) is 8.89. The summed E-state index contributed by atoms with van der Waals surface area (Å²) in [6, 6.07) is 10.5. The van der Waals surface area contributed by atoms with Crippen molar-refractivity contribution in [3.05, 3.63) is 53.1 Å². The van der Waals surface area contributed by atoms with Gasteiger partial charge in [0.05, 0.1) is 19.8 Å². The van der Waals surface area contributed by atoms with Gasteiger partial charge in [-0.25, -0.2) is 4.79 Å². The highest BCUT2D eigenvalue weighted by Crippen LogP contribution is 2.24. The molecule has 26 heavy (non-hydrogen) atoms. The van der Waals surface area contributed by atoms with Gasteiger partial charge in [0.1, 0.15) is 17.2 Å². The number of rotatable bonds is 8. The van der Waals surface area contributed by atoms with Gasteiger partial charge < -0.3 is 18.9 Å². The molecule has 0 unspecified atom stereocenters. The molecule has 138 valence electrons. The predicted molar refractivity (Wildman–Crippen MR) is 96.2 cm³/mol. The van der Waals surface area contributed by atoms with Crippen molar-refractivity contribution in [1.82, 2.24) is 0 Å². The number of ether oxygens (including phenoxy) is 4. The van der Waals surface area contributed by atoms with Crippen molar-refractivity contribution in [1.29, 1.82) is 0 Å². The molecular formula is C20H22O6. The Kier molecular flexibility index (Phi) is 6.60. The first-order chi connectivity index (χ1) is 12.4. The largest absolute Gasteiger partial charge is 0.497 e. The maximum Gasteiger partial charge on any atom is 0.344 e. The number of hydrogen-bond donors (Lipinski definition) is 0. The van der Waals surface area contributed by atoms with Crippen molar-refractivity contribution in [2.45, 2.75) is 13.8 Å². The van der Waals surface area contributed by atoms with Crippen LogP contribution >= 0.6 is 0 Å². The zero-order valence-electron chi connectivity index (χ0n) is 15.3. The number of esters is 1. The molecule has 0 aliphatic carbocycles. The summed E-state index contributed by atoms with van der Waals surface area (Å²) >= 11 is 0. The molecule has 0 atom stereocenters. The fourth-order valence-electron chi connectivity index (χ4n) is 2.40. The summed E-state index contributed by atoms with van der Waals surface area (Å²) in [7, 11) is 2.96. The first-order valence-electron chi connectivity index (χ1n) is 8.05. The number of Topliss-reactive ketones (excluding diaryl/α,β-unsaturated/α-hetero) is 1. The topological polar surface area (TPSA) is 71.1 Å². The third-order valence-corrected chi connectivity index (χ3v) is 3.75. The number of benzene rings is 2. The van der Waals surface area contributed by atoms with E-state index in [0.29, 0.717) is 17.2 Å². The minimum atomic E-state index is -0.625. The maximum absolute atomic E-state index is 12.3. The number of hydrogen-bond acceptors (Lipinski definition) is 6. The molecule has 6 nitrogen and oxygen atoms in total. The Morgan fingerprint density at radius 1 is 0.885 bits per heavy atom. The van der Waals surface area contributed by atoms with Gasteiger partial charge in [-0.3, -0.25) is 4.79 Å². The fourth-order valence-corrected chi connectivity index (χ4v) is 2.40. The molecule has 2 aromatic rings. The van der Waals surface area contributed by atoms with E-state index in [9.17, 15) is 9.59 Å². The molecule has 6 heteroatoms. The van der Waals surface area contributed by atoms with Gasteiger partial charge in [-0.1, -0.05) is 17.7 Å². The maximum atomic E-state index is 12.3. The van der Waals surface area contributed by atoms with Gasteiger partial charge in [0.25, 0.3) is 0 Å². The van der Waals surface area contributed by atoms with E-state index in [0.717, 1.165) is 11.1 Å². The van der Waals surface area contributed by atoms with Crippen LogP contribution in [0.15, 0.2) is 36.4 Å². The molecule has 0 aliphatic rings. The molecule has 0 spiro atoms. The minimum Gasteiger partial charge on any atom is -0.497 e. The predicted octanol–water partition coefficient (Wildman–Crippen LogP) is 3.13. The van der Waals surface area contributed by atoms with Crippen LogP contribution in [-0.2, 0) is 9.53 Å². The Morgan fingerprint density at radius 2 is 1.62 bits per heavy atom. The minimum absolute atomic E-state index is 0.271. The van der Waals surface area contributed by atoms with Crippen LogP contribution in [0.25, 0.3) is 0 Å². The number of ketones is 1. The van der Waals surface area contributed by atoms with Gasteiger partial charge in [0.15, 0.2) is 13.2 Å². The van der Waals surface area contributed by atoms with E-state index in [4.69, 9.17) is 18.9 Å². The SMILES string of the molecule is COc1ccc(OC)c(C(=O)COC(=O)COc2ccc(C)cc2C)c1. The zero-order valence-corrected chi connectivity index (χ0v) is 15.3. The second-order valence-corrected chi connectivity index (χ2v) is 5.71. The highest BCUT2D eigenvalue weighted by Gasteiger charge is 2.16. The molecule has 2 rings (SSSR count). The van der Waals surface area contributed by atoms with Gasteiger partial charge in [-0.05, 0) is 43.7 Å². The third-order valence-electron chi connectivity index (χ3n) is 3.75. The van der Waals surface area contributed by atoms with E-state index in [1.54, 1.807) is 24.3 Å². The van der Waals surface area contributed by atoms with E-state index in [2.05, 4.69) is 0 Å². The number of methoxy groups -OCH3 is 2. The summed E-state index contributed by atoms with van der Waals surface area (Å²) < 4.78 is 20.7. The molecule has 0 saturated heterocycles. The van der Waals surface area contributed by atoms with Crippen LogP contribution in [0.1, 0.15) is 21.5 Å². The van der Waals surface area contributed by atoms with E-state index < -0.39 is 12.6 Å². The highest BCUT2D eigenvalue weighted by atomic mass is 16.6. The summed E-state index contributed by atoms with van der Waals surface area (Å²) in [5.41, 5.74) is 2.32. The van der Waals surface area contributed by atoms with Crippen LogP contribution in [0.4, 0.5) is 0 Å². The van der Waals surface area contributed by atoms with Crippen LogP contribution in [0, 0.1) is 13.8 Å². The monoisotopic (exact) mass is 358 g/mol. The highest BCUT2D eigenvalue weighted by molar-refractivity contribution is 6.00. The van der Waals surface area contributed by atoms with Gasteiger partial charge in [-0.15, -0.1) is 0 Å². The second-order valence-electron chi connectivity index (χ2n) is 5.71. The van der Waals surface area contributed by atoms with Crippen molar-refractivity contribution in [2.24, 2.45) is 0 Å². The molecule has 0 amide bonds. The van der Waals surface area contributed by atoms with Gasteiger partial charge in [0, 0.05) is 0 Å². The molecule has 0 bridgehead atoms. The van der Waals surface area contributed by atoms with E-state index in [1.165, 1.54) is 14.2 Å². The lowest BCUT2D eigenvalue weighted by Crippen LogP contribution is -2.20. The Labute approximate surface area is 152 Å². The first-order valence-corrected chi connectivity index (χ1v) is 8.05. The molecule has 0 saturated carbocycles. The van der Waals surface area contributed by atoms with Gasteiger partial charge >= 0.3 is 5.97 Å². The third kappa shape index (κ3) is 4.99. The summed E-state index contributed by atoms with van der Waals surface area (Å²) in [5, 5.41) is 0. The Morgan fingerprint density at radius 3 is 2.27 bits per heavy atom. The van der Waals surface area contributed by atoms with Crippen LogP contribution < -0.4 is 14.2 Å². The van der Waals surface area contributed by atoms with Crippen LogP contribution in [-0.4, -0.2) is 39.2 Å². The molecule has 2 aromatic carbocycles. The normalized spacial score (nSPS) is 10.2. The Hall–Kier alpha value is -3.02. The molecule has 0 aliphatic heterocycles. The molecule has 0 fully saturated rings. The fraction of sp³-hybridized carbons (Fsp3) is 0.300. The average molecular weight is 358 g/mol. The van der Waals surface area contributed by atoms with Crippen molar-refractivity contribution in [3.63, 3.8) is 0 Å². The summed E-state index contributed by atoms with van der Waals surface area (Å²) in [4.78, 5) is 24.2. The lowest BCUT2D eigenvalue weighted by atomic mass is 10.1. The van der Waals surface area contributed by atoms with E-state index in [1.807, 2.05) is 26.0 Å². The number of aryl methyl sites for hydroxylation is 2. The molecular weight excluding hydrogens is 336 g/mol. The Balaban J connectivity index is 1.91. The quantitative estimate of drug-likeness (QED) is 0.533. The average Bonchev–Trinajstić information content (AvgIpc) is 2.64. The smallest absolute Gasteiger partial charge is 0.344 e. The molecule has 0 N–H and O–H groups in total. The first kappa shape index (κ1) is 19.3. The summed E-state index contributed by atoms with van der Waals surface area (Å²) in [5.74, 6) is 0.492. The van der Waals surface area contributed by atoms with Crippen LogP contribution in [0.2, 0.25) is 0 Å². The van der Waals surface area contributed by atoms with Crippen molar-refractivity contribution >= 4 is 11.8 Å². The molecule has 0 heterocycles. The summed E-state index contributed by atoms with van der Waals surface area (Å²) in [6.45, 7) is 3.20. The molecule has 0 radical (unpaired) electrons. The Bertz CT molecular complexity index is 797.